The van der Waals surface area contributed by atoms with Crippen molar-refractivity contribution in [3.8, 4) is 0 Å². The monoisotopic (exact) mass is 574 g/mol. The van der Waals surface area contributed by atoms with E-state index in [2.05, 4.69) is 25.9 Å². The van der Waals surface area contributed by atoms with Crippen molar-refractivity contribution < 1.29 is 29.4 Å². The maximum Gasteiger partial charge on any atom is 0.326 e. The molecule has 6 atom stereocenters. The third-order valence-electron chi connectivity index (χ3n) is 6.91. The van der Waals surface area contributed by atoms with Gasteiger partial charge >= 0.3 is 5.97 Å². The van der Waals surface area contributed by atoms with E-state index in [1.54, 1.807) is 13.1 Å². The van der Waals surface area contributed by atoms with Gasteiger partial charge < -0.3 is 48.3 Å². The minimum atomic E-state index is -1.51. The van der Waals surface area contributed by atoms with Gasteiger partial charge in [0, 0.05) is 30.1 Å². The maximum absolute atomic E-state index is 13.2. The number of para-hydroxylation sites is 1. The van der Waals surface area contributed by atoms with Crippen LogP contribution < -0.4 is 33.2 Å². The van der Waals surface area contributed by atoms with Crippen molar-refractivity contribution in [3.63, 3.8) is 0 Å². The van der Waals surface area contributed by atoms with E-state index in [0.717, 1.165) is 10.9 Å². The van der Waals surface area contributed by atoms with Crippen molar-refractivity contribution in [2.24, 2.45) is 28.1 Å². The number of aliphatic imine (C=N–C) groups is 1. The van der Waals surface area contributed by atoms with Crippen LogP contribution in [0.4, 0.5) is 0 Å². The first kappa shape index (κ1) is 33.0. The van der Waals surface area contributed by atoms with Crippen molar-refractivity contribution in [2.45, 2.75) is 76.7 Å². The highest BCUT2D eigenvalue weighted by Crippen LogP contribution is 2.19. The smallest absolute Gasteiger partial charge is 0.326 e. The van der Waals surface area contributed by atoms with Gasteiger partial charge in [-0.2, -0.15) is 0 Å². The largest absolute Gasteiger partial charge is 0.480 e. The number of carboxylic acids is 1. The molecule has 1 heterocycles. The van der Waals surface area contributed by atoms with Gasteiger partial charge in [0.15, 0.2) is 5.96 Å². The molecule has 14 heteroatoms. The number of benzene rings is 1. The summed E-state index contributed by atoms with van der Waals surface area (Å²) in [6.07, 6.45) is 1.30. The molecule has 0 bridgehead atoms. The lowest BCUT2D eigenvalue weighted by Gasteiger charge is -2.27. The molecular weight excluding hydrogens is 532 g/mol. The van der Waals surface area contributed by atoms with Crippen LogP contribution in [-0.2, 0) is 25.6 Å². The number of aromatic amines is 1. The van der Waals surface area contributed by atoms with Crippen molar-refractivity contribution in [1.29, 1.82) is 0 Å². The first-order valence-corrected chi connectivity index (χ1v) is 13.5. The van der Waals surface area contributed by atoms with E-state index in [-0.39, 0.29) is 31.3 Å². The van der Waals surface area contributed by atoms with Gasteiger partial charge in [0.2, 0.25) is 17.7 Å². The fraction of sp³-hybridized carbons (Fsp3) is 0.519. The second kappa shape index (κ2) is 15.6. The molecule has 12 N–H and O–H groups in total. The summed E-state index contributed by atoms with van der Waals surface area (Å²) in [5.74, 6) is -3.78. The number of hydrogen-bond donors (Lipinski definition) is 9. The number of nitrogens with zero attached hydrogens (tertiary/aromatic N) is 1. The van der Waals surface area contributed by atoms with Crippen LogP contribution in [0.15, 0.2) is 35.5 Å². The van der Waals surface area contributed by atoms with Crippen LogP contribution in [0.1, 0.15) is 45.6 Å². The summed E-state index contributed by atoms with van der Waals surface area (Å²) in [6, 6.07) is 2.48. The Balaban J connectivity index is 2.17. The number of aliphatic hydroxyl groups is 1. The number of rotatable bonds is 16. The SMILES string of the molecule is CCC(C)C(N)C(=O)NC(CCCN=C(N)N)C(=O)NC(C(=O)NC(Cc1c[nH]c2ccccc12)C(=O)O)C(C)O. The number of carbonyl (C=O) groups is 4. The van der Waals surface area contributed by atoms with Gasteiger partial charge in [0.25, 0.3) is 0 Å². The average Bonchev–Trinajstić information content (AvgIpc) is 3.33. The molecule has 226 valence electrons. The molecule has 0 saturated carbocycles. The van der Waals surface area contributed by atoms with Gasteiger partial charge in [-0.05, 0) is 37.3 Å². The Morgan fingerprint density at radius 3 is 2.27 bits per heavy atom. The molecular formula is C27H42N8O6. The van der Waals surface area contributed by atoms with Crippen molar-refractivity contribution in [2.75, 3.05) is 6.54 Å². The number of aliphatic hydroxyl groups excluding tert-OH is 1. The molecule has 1 aromatic carbocycles. The van der Waals surface area contributed by atoms with E-state index < -0.39 is 54.0 Å². The lowest BCUT2D eigenvalue weighted by Crippen LogP contribution is -2.60. The molecule has 1 aromatic heterocycles. The lowest BCUT2D eigenvalue weighted by molar-refractivity contribution is -0.143. The highest BCUT2D eigenvalue weighted by molar-refractivity contribution is 5.94. The summed E-state index contributed by atoms with van der Waals surface area (Å²) < 4.78 is 0. The number of carboxylic acid groups (broad SMARTS) is 1. The number of nitrogens with two attached hydrogens (primary N) is 3. The third kappa shape index (κ3) is 9.76. The second-order valence-corrected chi connectivity index (χ2v) is 10.1. The summed E-state index contributed by atoms with van der Waals surface area (Å²) in [7, 11) is 0. The minimum absolute atomic E-state index is 0.0391. The lowest BCUT2D eigenvalue weighted by atomic mass is 9.98. The number of guanidine groups is 1. The predicted molar refractivity (Wildman–Crippen MR) is 154 cm³/mol. The number of aromatic nitrogens is 1. The van der Waals surface area contributed by atoms with Crippen molar-refractivity contribution in [3.05, 3.63) is 36.0 Å². The first-order valence-electron chi connectivity index (χ1n) is 13.5. The summed E-state index contributed by atoms with van der Waals surface area (Å²) in [6.45, 7) is 5.16. The van der Waals surface area contributed by atoms with Crippen LogP contribution in [0.5, 0.6) is 0 Å². The minimum Gasteiger partial charge on any atom is -0.480 e. The standard InChI is InChI=1S/C27H42N8O6/c1-4-14(2)21(28)24(38)33-19(10-7-11-31-27(29)30)23(37)35-22(15(3)36)25(39)34-20(26(40)41)12-16-13-32-18-9-6-5-8-17(16)18/h5-6,8-9,13-15,19-22,32,36H,4,7,10-12,28H2,1-3H3,(H,33,38)(H,34,39)(H,35,37)(H,40,41)(H4,29,30,31). The van der Waals surface area contributed by atoms with Crippen LogP contribution in [0.2, 0.25) is 0 Å². The topological polar surface area (TPSA) is 251 Å². The van der Waals surface area contributed by atoms with Gasteiger partial charge in [0.1, 0.15) is 18.1 Å². The Morgan fingerprint density at radius 2 is 1.66 bits per heavy atom. The van der Waals surface area contributed by atoms with Crippen LogP contribution in [-0.4, -0.2) is 81.7 Å². The van der Waals surface area contributed by atoms with Gasteiger partial charge in [0.05, 0.1) is 12.1 Å². The molecule has 0 saturated heterocycles. The molecule has 6 unspecified atom stereocenters. The molecule has 0 aliphatic rings. The third-order valence-corrected chi connectivity index (χ3v) is 6.91. The van der Waals surface area contributed by atoms with Crippen LogP contribution in [0.3, 0.4) is 0 Å². The molecule has 3 amide bonds. The molecule has 0 aliphatic heterocycles. The van der Waals surface area contributed by atoms with Crippen LogP contribution >= 0.6 is 0 Å². The normalized spacial score (nSPS) is 15.5. The second-order valence-electron chi connectivity index (χ2n) is 10.1. The molecule has 2 aromatic rings. The van der Waals surface area contributed by atoms with E-state index in [1.165, 1.54) is 6.92 Å². The summed E-state index contributed by atoms with van der Waals surface area (Å²) in [5, 5.41) is 28.4. The number of aliphatic carboxylic acids is 1. The zero-order valence-corrected chi connectivity index (χ0v) is 23.6. The Labute approximate surface area is 238 Å². The maximum atomic E-state index is 13.2. The molecule has 2 rings (SSSR count). The van der Waals surface area contributed by atoms with E-state index in [0.29, 0.717) is 18.4 Å². The zero-order valence-electron chi connectivity index (χ0n) is 23.6. The Hall–Kier alpha value is -4.17. The quantitative estimate of drug-likeness (QED) is 0.0680. The van der Waals surface area contributed by atoms with Gasteiger partial charge in [-0.3, -0.25) is 19.4 Å². The van der Waals surface area contributed by atoms with Crippen molar-refractivity contribution >= 4 is 40.6 Å². The first-order chi connectivity index (χ1) is 19.3. The molecule has 0 fully saturated rings. The molecule has 0 aliphatic carbocycles. The number of hydrogen-bond acceptors (Lipinski definition) is 7. The Bertz CT molecular complexity index is 1230. The fourth-order valence-electron chi connectivity index (χ4n) is 4.19. The molecule has 14 nitrogen and oxygen atoms in total. The van der Waals surface area contributed by atoms with Crippen molar-refractivity contribution in [1.82, 2.24) is 20.9 Å². The molecule has 0 radical (unpaired) electrons. The summed E-state index contributed by atoms with van der Waals surface area (Å²) in [4.78, 5) is 58.1. The Kier molecular flexibility index (Phi) is 12.5. The predicted octanol–water partition coefficient (Wildman–Crippen LogP) is -0.943. The van der Waals surface area contributed by atoms with Crippen LogP contribution in [0.25, 0.3) is 10.9 Å². The summed E-state index contributed by atoms with van der Waals surface area (Å²) in [5.41, 5.74) is 18.2. The zero-order chi connectivity index (χ0) is 30.7. The van der Waals surface area contributed by atoms with Gasteiger partial charge in [-0.15, -0.1) is 0 Å². The van der Waals surface area contributed by atoms with Gasteiger partial charge in [-0.25, -0.2) is 4.79 Å². The number of H-pyrrole nitrogens is 1. The van der Waals surface area contributed by atoms with Crippen LogP contribution in [0, 0.1) is 5.92 Å². The molecule has 0 spiro atoms. The van der Waals surface area contributed by atoms with Gasteiger partial charge in [-0.1, -0.05) is 38.5 Å². The van der Waals surface area contributed by atoms with E-state index in [1.807, 2.05) is 31.2 Å². The fourth-order valence-corrected chi connectivity index (χ4v) is 4.19. The van der Waals surface area contributed by atoms with E-state index in [4.69, 9.17) is 17.2 Å². The average molecular weight is 575 g/mol. The number of fused-ring (bicyclic) bond motifs is 1. The number of carbonyl (C=O) groups excluding carboxylic acids is 3. The molecule has 41 heavy (non-hydrogen) atoms. The summed E-state index contributed by atoms with van der Waals surface area (Å²) >= 11 is 0. The van der Waals surface area contributed by atoms with E-state index in [9.17, 15) is 29.4 Å². The number of amides is 3. The van der Waals surface area contributed by atoms with E-state index >= 15 is 0 Å². The Morgan fingerprint density at radius 1 is 1.00 bits per heavy atom. The highest BCUT2D eigenvalue weighted by atomic mass is 16.4. The number of nitrogens with one attached hydrogen (secondary N) is 4. The highest BCUT2D eigenvalue weighted by Gasteiger charge is 2.33.